The van der Waals surface area contributed by atoms with Crippen LogP contribution in [-0.4, -0.2) is 47.1 Å². The van der Waals surface area contributed by atoms with Gasteiger partial charge in [0.15, 0.2) is 0 Å². The molecule has 2 amide bonds. The number of fused-ring (bicyclic) bond motifs is 4. The van der Waals surface area contributed by atoms with Crippen LogP contribution in [0.5, 0.6) is 0 Å². The summed E-state index contributed by atoms with van der Waals surface area (Å²) < 4.78 is 38.6. The Morgan fingerprint density at radius 3 is 2.50 bits per heavy atom. The summed E-state index contributed by atoms with van der Waals surface area (Å²) >= 11 is 0. The van der Waals surface area contributed by atoms with Gasteiger partial charge in [0, 0.05) is 37.2 Å². The molecule has 1 aromatic rings. The van der Waals surface area contributed by atoms with Crippen molar-refractivity contribution in [3.05, 3.63) is 33.7 Å². The third-order valence-corrected chi connectivity index (χ3v) is 6.56. The normalized spacial score (nSPS) is 24.3. The van der Waals surface area contributed by atoms with Gasteiger partial charge in [-0.15, -0.1) is 0 Å². The molecule has 1 saturated heterocycles. The summed E-state index contributed by atoms with van der Waals surface area (Å²) in [6.45, 7) is 0.0309. The maximum absolute atomic E-state index is 13.0. The highest BCUT2D eigenvalue weighted by Crippen LogP contribution is 2.37. The van der Waals surface area contributed by atoms with E-state index in [2.05, 4.69) is 0 Å². The Bertz CT molecular complexity index is 890. The summed E-state index contributed by atoms with van der Waals surface area (Å²) in [5.41, 5.74) is -0.0863. The number of halogens is 3. The molecule has 9 heteroatoms. The molecule has 3 heterocycles. The highest BCUT2D eigenvalue weighted by atomic mass is 19.4. The molecule has 6 nitrogen and oxygen atoms in total. The van der Waals surface area contributed by atoms with Crippen molar-refractivity contribution >= 4 is 11.8 Å². The topological polar surface area (TPSA) is 71.4 Å². The van der Waals surface area contributed by atoms with Crippen molar-refractivity contribution in [3.8, 4) is 0 Å². The van der Waals surface area contributed by atoms with Gasteiger partial charge in [0.1, 0.15) is 12.1 Å². The van der Waals surface area contributed by atoms with Gasteiger partial charge in [0.2, 0.25) is 5.91 Å². The van der Waals surface area contributed by atoms with Gasteiger partial charge in [0.05, 0.1) is 0 Å². The third-order valence-electron chi connectivity index (χ3n) is 6.56. The van der Waals surface area contributed by atoms with Crippen LogP contribution in [0, 0.1) is 11.8 Å². The number of hydrogen-bond donors (Lipinski definition) is 1. The zero-order valence-electron chi connectivity index (χ0n) is 16.7. The fourth-order valence-electron chi connectivity index (χ4n) is 5.18. The lowest BCUT2D eigenvalue weighted by atomic mass is 9.81. The monoisotopic (exact) mass is 425 g/mol. The van der Waals surface area contributed by atoms with Gasteiger partial charge in [-0.3, -0.25) is 14.4 Å². The largest absolute Gasteiger partial charge is 0.405 e. The van der Waals surface area contributed by atoms with Crippen molar-refractivity contribution in [1.29, 1.82) is 0 Å². The van der Waals surface area contributed by atoms with Crippen LogP contribution in [0.25, 0.3) is 0 Å². The van der Waals surface area contributed by atoms with Gasteiger partial charge in [-0.1, -0.05) is 19.3 Å². The number of nitrogens with zero attached hydrogens (tertiary/aromatic N) is 2. The highest BCUT2D eigenvalue weighted by Gasteiger charge is 2.39. The fourth-order valence-corrected chi connectivity index (χ4v) is 5.18. The minimum absolute atomic E-state index is 0.00465. The molecule has 1 aromatic heterocycles. The summed E-state index contributed by atoms with van der Waals surface area (Å²) in [5, 5.41) is 1.77. The van der Waals surface area contributed by atoms with Gasteiger partial charge in [-0.25, -0.2) is 0 Å². The number of rotatable bonds is 3. The average Bonchev–Trinajstić information content (AvgIpc) is 2.72. The number of aromatic nitrogens is 1. The lowest BCUT2D eigenvalue weighted by molar-refractivity contribution is -0.139. The number of alkyl halides is 3. The van der Waals surface area contributed by atoms with Crippen LogP contribution in [0.4, 0.5) is 13.2 Å². The van der Waals surface area contributed by atoms with E-state index in [1.165, 1.54) is 17.1 Å². The van der Waals surface area contributed by atoms with E-state index in [0.29, 0.717) is 19.6 Å². The quantitative estimate of drug-likeness (QED) is 0.810. The summed E-state index contributed by atoms with van der Waals surface area (Å²) in [4.78, 5) is 39.8. The van der Waals surface area contributed by atoms with Gasteiger partial charge >= 0.3 is 6.18 Å². The van der Waals surface area contributed by atoms with Crippen LogP contribution in [0.3, 0.4) is 0 Å². The molecule has 1 aliphatic carbocycles. The molecule has 164 valence electrons. The molecule has 0 spiro atoms. The summed E-state index contributed by atoms with van der Waals surface area (Å²) in [7, 11) is 0. The Labute approximate surface area is 172 Å². The number of pyridine rings is 1. The molecule has 4 rings (SSSR count). The highest BCUT2D eigenvalue weighted by molar-refractivity contribution is 5.93. The Morgan fingerprint density at radius 1 is 1.07 bits per heavy atom. The van der Waals surface area contributed by atoms with Crippen LogP contribution in [0.1, 0.15) is 60.5 Å². The predicted octanol–water partition coefficient (Wildman–Crippen LogP) is 2.67. The van der Waals surface area contributed by atoms with Crippen molar-refractivity contribution in [2.75, 3.05) is 19.6 Å². The summed E-state index contributed by atoms with van der Waals surface area (Å²) in [6.07, 6.45) is 1.58. The second kappa shape index (κ2) is 8.07. The van der Waals surface area contributed by atoms with E-state index in [-0.39, 0.29) is 29.2 Å². The van der Waals surface area contributed by atoms with E-state index < -0.39 is 24.2 Å². The molecular weight excluding hydrogens is 399 g/mol. The first-order valence-corrected chi connectivity index (χ1v) is 10.6. The second-order valence-electron chi connectivity index (χ2n) is 8.76. The molecule has 0 aromatic carbocycles. The number of nitrogens with one attached hydrogen (secondary N) is 1. The van der Waals surface area contributed by atoms with E-state index in [9.17, 15) is 27.6 Å². The molecule has 3 aliphatic rings. The Morgan fingerprint density at radius 2 is 1.80 bits per heavy atom. The lowest BCUT2D eigenvalue weighted by Crippen LogP contribution is -2.51. The lowest BCUT2D eigenvalue weighted by Gasteiger charge is -2.44. The number of carbonyl (C=O) groups excluding carboxylic acids is 2. The molecule has 2 atom stereocenters. The van der Waals surface area contributed by atoms with Gasteiger partial charge in [-0.05, 0) is 37.3 Å². The van der Waals surface area contributed by atoms with Gasteiger partial charge in [0.25, 0.3) is 11.5 Å². The average molecular weight is 425 g/mol. The van der Waals surface area contributed by atoms with Crippen LogP contribution in [0.15, 0.2) is 16.9 Å². The zero-order valence-corrected chi connectivity index (χ0v) is 16.7. The smallest absolute Gasteiger partial charge is 0.343 e. The van der Waals surface area contributed by atoms with Crippen molar-refractivity contribution < 1.29 is 22.8 Å². The van der Waals surface area contributed by atoms with Crippen molar-refractivity contribution in [1.82, 2.24) is 14.8 Å². The van der Waals surface area contributed by atoms with E-state index in [1.54, 1.807) is 11.4 Å². The SMILES string of the molecule is O=C(NCC(F)(F)F)c1ccc2n(c1=O)C[C@H]1C[C@@H]2CN(C(=O)C2CCCCC2)C1. The van der Waals surface area contributed by atoms with Crippen molar-refractivity contribution in [2.45, 2.75) is 57.2 Å². The van der Waals surface area contributed by atoms with Crippen molar-refractivity contribution in [3.63, 3.8) is 0 Å². The molecular formula is C21H26F3N3O3. The standard InChI is InChI=1S/C21H26F3N3O3/c22-21(23,24)12-25-18(28)16-6-7-17-15-8-13(10-27(17)20(16)30)9-26(11-15)19(29)14-4-2-1-3-5-14/h6-7,13-15H,1-5,8-12H2,(H,25,28)/t13-,15+/m0/s1. The van der Waals surface area contributed by atoms with E-state index in [1.807, 2.05) is 4.90 Å². The first kappa shape index (κ1) is 20.9. The van der Waals surface area contributed by atoms with Crippen LogP contribution in [0.2, 0.25) is 0 Å². The third kappa shape index (κ3) is 4.25. The maximum atomic E-state index is 13.0. The van der Waals surface area contributed by atoms with Gasteiger partial charge < -0.3 is 14.8 Å². The fraction of sp³-hybridized carbons (Fsp3) is 0.667. The van der Waals surface area contributed by atoms with Crippen LogP contribution in [-0.2, 0) is 11.3 Å². The molecule has 2 bridgehead atoms. The Balaban J connectivity index is 1.51. The summed E-state index contributed by atoms with van der Waals surface area (Å²) in [5.74, 6) is -0.597. The predicted molar refractivity (Wildman–Crippen MR) is 103 cm³/mol. The minimum Gasteiger partial charge on any atom is -0.343 e. The molecule has 2 fully saturated rings. The number of hydrogen-bond acceptors (Lipinski definition) is 3. The van der Waals surface area contributed by atoms with Crippen LogP contribution >= 0.6 is 0 Å². The molecule has 0 unspecified atom stereocenters. The Kier molecular flexibility index (Phi) is 5.63. The molecule has 0 radical (unpaired) electrons. The molecule has 30 heavy (non-hydrogen) atoms. The summed E-state index contributed by atoms with van der Waals surface area (Å²) in [6, 6.07) is 2.96. The van der Waals surface area contributed by atoms with E-state index in [0.717, 1.165) is 37.8 Å². The van der Waals surface area contributed by atoms with E-state index in [4.69, 9.17) is 0 Å². The molecule has 1 saturated carbocycles. The number of piperidine rings is 1. The van der Waals surface area contributed by atoms with Crippen LogP contribution < -0.4 is 10.9 Å². The Hall–Kier alpha value is -2.32. The maximum Gasteiger partial charge on any atom is 0.405 e. The number of likely N-dealkylation sites (tertiary alicyclic amines) is 1. The first-order valence-electron chi connectivity index (χ1n) is 10.6. The second-order valence-corrected chi connectivity index (χ2v) is 8.76. The van der Waals surface area contributed by atoms with Gasteiger partial charge in [-0.2, -0.15) is 13.2 Å². The zero-order chi connectivity index (χ0) is 21.5. The van der Waals surface area contributed by atoms with E-state index >= 15 is 0 Å². The minimum atomic E-state index is -4.54. The molecule has 2 aliphatic heterocycles. The number of amides is 2. The number of carbonyl (C=O) groups is 2. The first-order chi connectivity index (χ1) is 14.2. The van der Waals surface area contributed by atoms with Crippen molar-refractivity contribution in [2.24, 2.45) is 11.8 Å². The molecule has 1 N–H and O–H groups in total.